The van der Waals surface area contributed by atoms with E-state index in [1.54, 1.807) is 6.07 Å². The Hall–Kier alpha value is -1.56. The second-order valence-electron chi connectivity index (χ2n) is 4.67. The number of fused-ring (bicyclic) bond motifs is 1. The Balaban J connectivity index is 1.74. The second kappa shape index (κ2) is 4.28. The zero-order chi connectivity index (χ0) is 12.7. The van der Waals surface area contributed by atoms with Crippen LogP contribution in [0.25, 0.3) is 0 Å². The van der Waals surface area contributed by atoms with Crippen LogP contribution < -0.4 is 4.90 Å². The molecule has 3 heterocycles. The van der Waals surface area contributed by atoms with Crippen molar-refractivity contribution in [2.75, 3.05) is 24.5 Å². The van der Waals surface area contributed by atoms with E-state index in [4.69, 9.17) is 5.11 Å². The molecule has 18 heavy (non-hydrogen) atoms. The van der Waals surface area contributed by atoms with Gasteiger partial charge in [0.1, 0.15) is 4.88 Å². The molecule has 0 radical (unpaired) electrons. The van der Waals surface area contributed by atoms with Gasteiger partial charge in [-0.05, 0) is 18.6 Å². The van der Waals surface area contributed by atoms with Crippen LogP contribution in [0.4, 0.5) is 5.00 Å². The van der Waals surface area contributed by atoms with Crippen molar-refractivity contribution < 1.29 is 14.7 Å². The Kier molecular flexibility index (Phi) is 2.74. The predicted molar refractivity (Wildman–Crippen MR) is 68.2 cm³/mol. The molecule has 5 nitrogen and oxygen atoms in total. The zero-order valence-corrected chi connectivity index (χ0v) is 10.7. The molecule has 0 spiro atoms. The zero-order valence-electron chi connectivity index (χ0n) is 9.83. The number of rotatable bonds is 2. The summed E-state index contributed by atoms with van der Waals surface area (Å²) >= 11 is 1.31. The van der Waals surface area contributed by atoms with Gasteiger partial charge in [-0.2, -0.15) is 0 Å². The fourth-order valence-corrected chi connectivity index (χ4v) is 3.56. The van der Waals surface area contributed by atoms with E-state index in [1.165, 1.54) is 11.3 Å². The number of thiophene rings is 1. The highest BCUT2D eigenvalue weighted by molar-refractivity contribution is 7.17. The monoisotopic (exact) mass is 266 g/mol. The van der Waals surface area contributed by atoms with Crippen LogP contribution in [0.5, 0.6) is 0 Å². The number of carboxylic acids is 1. The largest absolute Gasteiger partial charge is 0.477 e. The van der Waals surface area contributed by atoms with Gasteiger partial charge in [-0.25, -0.2) is 4.79 Å². The van der Waals surface area contributed by atoms with Gasteiger partial charge in [0.05, 0.1) is 5.00 Å². The molecule has 96 valence electrons. The maximum absolute atomic E-state index is 11.6. The third kappa shape index (κ3) is 1.86. The minimum atomic E-state index is -0.874. The van der Waals surface area contributed by atoms with Gasteiger partial charge in [0, 0.05) is 32.1 Å². The number of carbonyl (C=O) groups is 2. The number of hydrogen-bond acceptors (Lipinski definition) is 4. The Morgan fingerprint density at radius 3 is 2.94 bits per heavy atom. The first-order valence-electron chi connectivity index (χ1n) is 6.02. The summed E-state index contributed by atoms with van der Waals surface area (Å²) in [6, 6.07) is 3.82. The molecule has 1 N–H and O–H groups in total. The molecule has 3 rings (SSSR count). The summed E-state index contributed by atoms with van der Waals surface area (Å²) in [5, 5.41) is 9.91. The quantitative estimate of drug-likeness (QED) is 0.875. The topological polar surface area (TPSA) is 60.9 Å². The maximum Gasteiger partial charge on any atom is 0.345 e. The highest BCUT2D eigenvalue weighted by atomic mass is 32.1. The van der Waals surface area contributed by atoms with Gasteiger partial charge >= 0.3 is 5.97 Å². The van der Waals surface area contributed by atoms with Gasteiger partial charge in [0.15, 0.2) is 0 Å². The SMILES string of the molecule is O=C(O)c1ccc(N2CCN3C(=O)CC[C@H]3C2)s1. The van der Waals surface area contributed by atoms with Crippen molar-refractivity contribution in [3.63, 3.8) is 0 Å². The van der Waals surface area contributed by atoms with Crippen LogP contribution in [0.2, 0.25) is 0 Å². The van der Waals surface area contributed by atoms with E-state index < -0.39 is 5.97 Å². The summed E-state index contributed by atoms with van der Waals surface area (Å²) < 4.78 is 0. The lowest BCUT2D eigenvalue weighted by Gasteiger charge is -2.38. The summed E-state index contributed by atoms with van der Waals surface area (Å²) in [7, 11) is 0. The number of nitrogens with zero attached hydrogens (tertiary/aromatic N) is 2. The third-order valence-corrected chi connectivity index (χ3v) is 4.74. The molecule has 1 aromatic rings. The van der Waals surface area contributed by atoms with Crippen molar-refractivity contribution in [3.8, 4) is 0 Å². The van der Waals surface area contributed by atoms with Crippen molar-refractivity contribution in [1.82, 2.24) is 4.90 Å². The molecule has 1 aromatic heterocycles. The smallest absolute Gasteiger partial charge is 0.345 e. The Morgan fingerprint density at radius 2 is 2.22 bits per heavy atom. The molecule has 0 unspecified atom stereocenters. The normalized spacial score (nSPS) is 23.3. The van der Waals surface area contributed by atoms with Gasteiger partial charge in [-0.15, -0.1) is 11.3 Å². The fraction of sp³-hybridized carbons (Fsp3) is 0.500. The van der Waals surface area contributed by atoms with Crippen LogP contribution in [-0.4, -0.2) is 47.6 Å². The third-order valence-electron chi connectivity index (χ3n) is 3.61. The number of carboxylic acid groups (broad SMARTS) is 1. The average molecular weight is 266 g/mol. The summed E-state index contributed by atoms with van der Waals surface area (Å²) in [6.45, 7) is 2.37. The van der Waals surface area contributed by atoms with Crippen LogP contribution in [-0.2, 0) is 4.79 Å². The first-order valence-corrected chi connectivity index (χ1v) is 6.84. The van der Waals surface area contributed by atoms with Gasteiger partial charge in [0.2, 0.25) is 5.91 Å². The molecule has 0 aliphatic carbocycles. The molecule has 2 aliphatic rings. The maximum atomic E-state index is 11.6. The Labute approximate surface area is 109 Å². The van der Waals surface area contributed by atoms with E-state index in [0.29, 0.717) is 17.3 Å². The van der Waals surface area contributed by atoms with E-state index in [1.807, 2.05) is 11.0 Å². The van der Waals surface area contributed by atoms with Crippen molar-refractivity contribution >= 4 is 28.2 Å². The van der Waals surface area contributed by atoms with Crippen molar-refractivity contribution in [2.45, 2.75) is 18.9 Å². The number of aromatic carboxylic acids is 1. The van der Waals surface area contributed by atoms with Crippen molar-refractivity contribution in [1.29, 1.82) is 0 Å². The summed E-state index contributed by atoms with van der Waals surface area (Å²) in [4.78, 5) is 27.0. The molecular formula is C12H14N2O3S. The van der Waals surface area contributed by atoms with Crippen LogP contribution >= 0.6 is 11.3 Å². The number of amides is 1. The molecule has 2 saturated heterocycles. The minimum absolute atomic E-state index is 0.261. The van der Waals surface area contributed by atoms with Gasteiger partial charge < -0.3 is 14.9 Å². The summed E-state index contributed by atoms with van der Waals surface area (Å²) in [5.74, 6) is -0.613. The van der Waals surface area contributed by atoms with Gasteiger partial charge in [-0.3, -0.25) is 4.79 Å². The van der Waals surface area contributed by atoms with E-state index in [0.717, 1.165) is 31.1 Å². The molecule has 2 fully saturated rings. The predicted octanol–water partition coefficient (Wildman–Crippen LogP) is 1.26. The van der Waals surface area contributed by atoms with Crippen molar-refractivity contribution in [3.05, 3.63) is 17.0 Å². The van der Waals surface area contributed by atoms with Crippen LogP contribution in [0, 0.1) is 0 Å². The standard InChI is InChI=1S/C12H14N2O3S/c15-10-3-1-8-7-13(5-6-14(8)10)11-4-2-9(18-11)12(16)17/h2,4,8H,1,3,5-7H2,(H,16,17)/t8-/m0/s1. The molecule has 0 bridgehead atoms. The van der Waals surface area contributed by atoms with Crippen molar-refractivity contribution in [2.24, 2.45) is 0 Å². The van der Waals surface area contributed by atoms with Gasteiger partial charge in [-0.1, -0.05) is 0 Å². The van der Waals surface area contributed by atoms with E-state index in [-0.39, 0.29) is 5.91 Å². The van der Waals surface area contributed by atoms with Crippen LogP contribution in [0.15, 0.2) is 12.1 Å². The number of carbonyl (C=O) groups excluding carboxylic acids is 1. The first-order chi connectivity index (χ1) is 8.65. The molecule has 1 atom stereocenters. The molecule has 0 saturated carbocycles. The molecule has 1 amide bonds. The molecule has 2 aliphatic heterocycles. The van der Waals surface area contributed by atoms with Gasteiger partial charge in [0.25, 0.3) is 0 Å². The molecule has 6 heteroatoms. The minimum Gasteiger partial charge on any atom is -0.477 e. The van der Waals surface area contributed by atoms with Crippen LogP contribution in [0.3, 0.4) is 0 Å². The summed E-state index contributed by atoms with van der Waals surface area (Å²) in [6.07, 6.45) is 1.58. The molecule has 0 aromatic carbocycles. The lowest BCUT2D eigenvalue weighted by Crippen LogP contribution is -2.51. The lowest BCUT2D eigenvalue weighted by molar-refractivity contribution is -0.129. The lowest BCUT2D eigenvalue weighted by atomic mass is 10.1. The number of anilines is 1. The highest BCUT2D eigenvalue weighted by Crippen LogP contribution is 2.30. The number of hydrogen-bond donors (Lipinski definition) is 1. The van der Waals surface area contributed by atoms with E-state index >= 15 is 0 Å². The first kappa shape index (κ1) is 11.5. The fourth-order valence-electron chi connectivity index (χ4n) is 2.68. The van der Waals surface area contributed by atoms with Crippen LogP contribution in [0.1, 0.15) is 22.5 Å². The number of piperazine rings is 1. The Bertz CT molecular complexity index is 499. The average Bonchev–Trinajstić information content (AvgIpc) is 2.96. The molecular weight excluding hydrogens is 252 g/mol. The summed E-state index contributed by atoms with van der Waals surface area (Å²) in [5.41, 5.74) is 0. The Morgan fingerprint density at radius 1 is 1.39 bits per heavy atom. The van der Waals surface area contributed by atoms with E-state index in [9.17, 15) is 9.59 Å². The highest BCUT2D eigenvalue weighted by Gasteiger charge is 2.35. The second-order valence-corrected chi connectivity index (χ2v) is 5.73. The van der Waals surface area contributed by atoms with E-state index in [2.05, 4.69) is 4.90 Å².